The van der Waals surface area contributed by atoms with Crippen molar-refractivity contribution in [3.63, 3.8) is 0 Å². The summed E-state index contributed by atoms with van der Waals surface area (Å²) < 4.78 is 0. The molecule has 0 fully saturated rings. The van der Waals surface area contributed by atoms with Gasteiger partial charge in [0.05, 0.1) is 16.9 Å². The van der Waals surface area contributed by atoms with E-state index in [-0.39, 0.29) is 24.3 Å². The van der Waals surface area contributed by atoms with E-state index in [1.165, 1.54) is 21.1 Å². The molecule has 1 aromatic carbocycles. The summed E-state index contributed by atoms with van der Waals surface area (Å²) in [5.41, 5.74) is 1.88. The molecule has 26 heavy (non-hydrogen) atoms. The lowest BCUT2D eigenvalue weighted by Crippen LogP contribution is -2.46. The zero-order chi connectivity index (χ0) is 18.3. The van der Waals surface area contributed by atoms with E-state index in [1.807, 2.05) is 0 Å². The van der Waals surface area contributed by atoms with Gasteiger partial charge in [0.2, 0.25) is 11.8 Å². The highest BCUT2D eigenvalue weighted by Gasteiger charge is 2.32. The topological polar surface area (TPSA) is 91.4 Å². The molecule has 1 aliphatic carbocycles. The zero-order valence-corrected chi connectivity index (χ0v) is 15.1. The summed E-state index contributed by atoms with van der Waals surface area (Å²) in [6.45, 7) is 1.45. The molecule has 134 valence electrons. The first kappa shape index (κ1) is 16.7. The molecule has 0 spiro atoms. The number of aromatic nitrogens is 1. The van der Waals surface area contributed by atoms with Crippen molar-refractivity contribution in [2.45, 2.75) is 32.2 Å². The molecule has 0 unspecified atom stereocenters. The Morgan fingerprint density at radius 3 is 2.96 bits per heavy atom. The van der Waals surface area contributed by atoms with Crippen LogP contribution in [-0.4, -0.2) is 35.3 Å². The maximum Gasteiger partial charge on any atom is 0.254 e. The van der Waals surface area contributed by atoms with E-state index in [2.05, 4.69) is 15.6 Å². The largest absolute Gasteiger partial charge is 0.340 e. The van der Waals surface area contributed by atoms with E-state index in [9.17, 15) is 14.4 Å². The molecule has 4 rings (SSSR count). The number of nitrogens with one attached hydrogen (secondary N) is 2. The Morgan fingerprint density at radius 2 is 2.15 bits per heavy atom. The van der Waals surface area contributed by atoms with Crippen LogP contribution in [0.4, 0.5) is 10.8 Å². The monoisotopic (exact) mass is 370 g/mol. The molecule has 1 aromatic heterocycles. The van der Waals surface area contributed by atoms with Crippen LogP contribution in [-0.2, 0) is 22.4 Å². The van der Waals surface area contributed by atoms with E-state index in [0.717, 1.165) is 25.0 Å². The number of para-hydroxylation sites is 1. The number of thiazole rings is 1. The lowest BCUT2D eigenvalue weighted by atomic mass is 10.1. The number of hydrogen-bond acceptors (Lipinski definition) is 5. The Bertz CT molecular complexity index is 886. The van der Waals surface area contributed by atoms with Crippen molar-refractivity contribution in [3.8, 4) is 0 Å². The predicted octanol–water partition coefficient (Wildman–Crippen LogP) is 1.74. The first-order valence-corrected chi connectivity index (χ1v) is 9.34. The van der Waals surface area contributed by atoms with Crippen LogP contribution in [0.1, 0.15) is 34.3 Å². The average molecular weight is 370 g/mol. The number of fused-ring (bicyclic) bond motifs is 2. The number of anilines is 2. The molecule has 2 N–H and O–H groups in total. The third-order valence-corrected chi connectivity index (χ3v) is 5.64. The summed E-state index contributed by atoms with van der Waals surface area (Å²) in [5, 5.41) is 6.01. The first-order valence-electron chi connectivity index (χ1n) is 8.52. The van der Waals surface area contributed by atoms with Crippen molar-refractivity contribution < 1.29 is 14.4 Å². The molecule has 0 saturated heterocycles. The van der Waals surface area contributed by atoms with Gasteiger partial charge < -0.3 is 15.5 Å². The van der Waals surface area contributed by atoms with Crippen molar-refractivity contribution >= 4 is 39.9 Å². The van der Waals surface area contributed by atoms with Crippen LogP contribution in [0.15, 0.2) is 24.3 Å². The number of rotatable bonds is 3. The summed E-state index contributed by atoms with van der Waals surface area (Å²) in [6, 6.07) is 6.09. The second-order valence-corrected chi connectivity index (χ2v) is 7.51. The number of amides is 3. The van der Waals surface area contributed by atoms with Gasteiger partial charge in [-0.25, -0.2) is 4.98 Å². The fourth-order valence-corrected chi connectivity index (χ4v) is 4.36. The van der Waals surface area contributed by atoms with Gasteiger partial charge in [-0.2, -0.15) is 0 Å². The van der Waals surface area contributed by atoms with Crippen molar-refractivity contribution in [2.75, 3.05) is 16.8 Å². The van der Waals surface area contributed by atoms with Crippen LogP contribution in [0, 0.1) is 0 Å². The molecule has 0 bridgehead atoms. The summed E-state index contributed by atoms with van der Waals surface area (Å²) in [6.07, 6.45) is 3.07. The molecular formula is C18H18N4O3S. The fraction of sp³-hybridized carbons (Fsp3) is 0.333. The Kier molecular flexibility index (Phi) is 4.20. The maximum absolute atomic E-state index is 12.7. The number of carbonyl (C=O) groups excluding carboxylic acids is 3. The van der Waals surface area contributed by atoms with E-state index in [1.54, 1.807) is 31.2 Å². The predicted molar refractivity (Wildman–Crippen MR) is 98.5 cm³/mol. The van der Waals surface area contributed by atoms with E-state index < -0.39 is 6.04 Å². The van der Waals surface area contributed by atoms with Gasteiger partial charge in [0.15, 0.2) is 5.13 Å². The Hall–Kier alpha value is -2.74. The third kappa shape index (κ3) is 2.96. The van der Waals surface area contributed by atoms with Gasteiger partial charge in [0.1, 0.15) is 12.6 Å². The maximum atomic E-state index is 12.7. The second-order valence-electron chi connectivity index (χ2n) is 6.43. The first-order chi connectivity index (χ1) is 12.5. The highest BCUT2D eigenvalue weighted by molar-refractivity contribution is 7.15. The zero-order valence-electron chi connectivity index (χ0n) is 14.2. The van der Waals surface area contributed by atoms with Crippen LogP contribution < -0.4 is 15.5 Å². The molecule has 0 saturated carbocycles. The fourth-order valence-electron chi connectivity index (χ4n) is 3.30. The van der Waals surface area contributed by atoms with Crippen molar-refractivity contribution in [2.24, 2.45) is 0 Å². The van der Waals surface area contributed by atoms with Gasteiger partial charge in [0, 0.05) is 4.88 Å². The minimum atomic E-state index is -0.702. The second kappa shape index (κ2) is 6.53. The van der Waals surface area contributed by atoms with Crippen LogP contribution in [0.25, 0.3) is 0 Å². The van der Waals surface area contributed by atoms with E-state index in [4.69, 9.17) is 0 Å². The van der Waals surface area contributed by atoms with Gasteiger partial charge in [-0.15, -0.1) is 11.3 Å². The Balaban J connectivity index is 1.56. The molecule has 2 heterocycles. The molecule has 2 aliphatic rings. The van der Waals surface area contributed by atoms with E-state index in [0.29, 0.717) is 16.4 Å². The summed E-state index contributed by atoms with van der Waals surface area (Å²) >= 11 is 1.49. The van der Waals surface area contributed by atoms with Crippen LogP contribution in [0.3, 0.4) is 0 Å². The molecule has 1 aliphatic heterocycles. The lowest BCUT2D eigenvalue weighted by Gasteiger charge is -2.23. The van der Waals surface area contributed by atoms with Crippen LogP contribution in [0.5, 0.6) is 0 Å². The Labute approximate surface area is 154 Å². The molecule has 1 atom stereocenters. The van der Waals surface area contributed by atoms with E-state index >= 15 is 0 Å². The SMILES string of the molecule is C[C@H]1NC(=O)c2ccccc2N(CC(=O)Nc2nc3c(s2)CCC3)C1=O. The highest BCUT2D eigenvalue weighted by atomic mass is 32.1. The smallest absolute Gasteiger partial charge is 0.254 e. The number of aryl methyl sites for hydroxylation is 2. The molecule has 2 aromatic rings. The molecular weight excluding hydrogens is 352 g/mol. The lowest BCUT2D eigenvalue weighted by molar-refractivity contribution is -0.122. The van der Waals surface area contributed by atoms with Crippen LogP contribution in [0.2, 0.25) is 0 Å². The standard InChI is InChI=1S/C18H18N4O3S/c1-10-17(25)22(13-7-3-2-5-11(13)16(24)19-10)9-15(23)21-18-20-12-6-4-8-14(12)26-18/h2-3,5,7,10H,4,6,8-9H2,1H3,(H,19,24)(H,20,21,23)/t10-/m1/s1. The minimum Gasteiger partial charge on any atom is -0.340 e. The number of nitrogens with zero attached hydrogens (tertiary/aromatic N) is 2. The Morgan fingerprint density at radius 1 is 1.35 bits per heavy atom. The quantitative estimate of drug-likeness (QED) is 0.861. The van der Waals surface area contributed by atoms with Crippen molar-refractivity contribution in [1.29, 1.82) is 0 Å². The van der Waals surface area contributed by atoms with Gasteiger partial charge in [-0.05, 0) is 38.3 Å². The van der Waals surface area contributed by atoms with Crippen molar-refractivity contribution in [3.05, 3.63) is 40.4 Å². The number of hydrogen-bond donors (Lipinski definition) is 2. The average Bonchev–Trinajstić information content (AvgIpc) is 3.18. The summed E-state index contributed by atoms with van der Waals surface area (Å²) in [5.74, 6) is -0.970. The number of benzene rings is 1. The van der Waals surface area contributed by atoms with Gasteiger partial charge >= 0.3 is 0 Å². The van der Waals surface area contributed by atoms with Crippen LogP contribution >= 0.6 is 11.3 Å². The van der Waals surface area contributed by atoms with Crippen molar-refractivity contribution in [1.82, 2.24) is 10.3 Å². The third-order valence-electron chi connectivity index (χ3n) is 4.57. The van der Waals surface area contributed by atoms with Gasteiger partial charge in [0.25, 0.3) is 5.91 Å². The highest BCUT2D eigenvalue weighted by Crippen LogP contribution is 2.30. The van der Waals surface area contributed by atoms with Gasteiger partial charge in [-0.1, -0.05) is 12.1 Å². The minimum absolute atomic E-state index is 0.167. The number of carbonyl (C=O) groups is 3. The molecule has 8 heteroatoms. The normalized spacial score (nSPS) is 18.8. The molecule has 7 nitrogen and oxygen atoms in total. The summed E-state index contributed by atoms with van der Waals surface area (Å²) in [4.78, 5) is 44.5. The molecule has 3 amide bonds. The van der Waals surface area contributed by atoms with Gasteiger partial charge in [-0.3, -0.25) is 14.4 Å². The summed E-state index contributed by atoms with van der Waals surface area (Å²) in [7, 11) is 0. The molecule has 0 radical (unpaired) electrons.